The Morgan fingerprint density at radius 1 is 1.12 bits per heavy atom. The van der Waals surface area contributed by atoms with Gasteiger partial charge in [0.25, 0.3) is 5.91 Å². The predicted molar refractivity (Wildman–Crippen MR) is 126 cm³/mol. The van der Waals surface area contributed by atoms with Gasteiger partial charge in [-0.3, -0.25) is 4.79 Å². The molecular formula is C24H22N4O3S. The Labute approximate surface area is 189 Å². The number of nitrogens with one attached hydrogen (secondary N) is 1. The predicted octanol–water partition coefficient (Wildman–Crippen LogP) is 4.20. The summed E-state index contributed by atoms with van der Waals surface area (Å²) < 4.78 is 5.37. The summed E-state index contributed by atoms with van der Waals surface area (Å²) in [6.45, 7) is 1.54. The van der Waals surface area contributed by atoms with Crippen molar-refractivity contribution in [1.29, 1.82) is 0 Å². The van der Waals surface area contributed by atoms with Gasteiger partial charge in [-0.25, -0.2) is 9.97 Å². The Kier molecular flexibility index (Phi) is 5.45. The number of hydrogen-bond acceptors (Lipinski definition) is 6. The molecule has 2 aromatic heterocycles. The number of methoxy groups -OCH3 is 1. The SMILES string of the molecule is COc1ncccc1-c1ccc(O)c(-c2nc3ccc(C(=O)N4CCSCC4)cc3[nH]2)c1. The second kappa shape index (κ2) is 8.55. The van der Waals surface area contributed by atoms with Crippen molar-refractivity contribution in [2.75, 3.05) is 31.7 Å². The number of aromatic hydroxyl groups is 1. The quantitative estimate of drug-likeness (QED) is 0.488. The molecule has 0 aliphatic carbocycles. The van der Waals surface area contributed by atoms with Crippen molar-refractivity contribution in [1.82, 2.24) is 19.9 Å². The molecule has 1 aliphatic heterocycles. The number of nitrogens with zero attached hydrogens (tertiary/aromatic N) is 3. The number of imidazole rings is 1. The Balaban J connectivity index is 1.51. The Bertz CT molecular complexity index is 1300. The van der Waals surface area contributed by atoms with Crippen LogP contribution >= 0.6 is 11.8 Å². The van der Waals surface area contributed by atoms with E-state index in [1.54, 1.807) is 19.4 Å². The Morgan fingerprint density at radius 3 is 2.78 bits per heavy atom. The average molecular weight is 447 g/mol. The van der Waals surface area contributed by atoms with Crippen LogP contribution in [0.25, 0.3) is 33.5 Å². The van der Waals surface area contributed by atoms with Crippen LogP contribution < -0.4 is 4.74 Å². The molecule has 162 valence electrons. The summed E-state index contributed by atoms with van der Waals surface area (Å²) in [4.78, 5) is 26.9. The van der Waals surface area contributed by atoms with Gasteiger partial charge in [-0.15, -0.1) is 0 Å². The zero-order valence-electron chi connectivity index (χ0n) is 17.5. The van der Waals surface area contributed by atoms with Gasteiger partial charge < -0.3 is 19.7 Å². The summed E-state index contributed by atoms with van der Waals surface area (Å²) in [7, 11) is 1.58. The number of carbonyl (C=O) groups excluding carboxylic acids is 1. The average Bonchev–Trinajstić information content (AvgIpc) is 3.27. The molecule has 0 radical (unpaired) electrons. The molecule has 0 spiro atoms. The van der Waals surface area contributed by atoms with E-state index in [4.69, 9.17) is 4.74 Å². The molecule has 1 saturated heterocycles. The number of fused-ring (bicyclic) bond motifs is 1. The lowest BCUT2D eigenvalue weighted by Crippen LogP contribution is -2.37. The number of phenolic OH excluding ortho intramolecular Hbond substituents is 1. The summed E-state index contributed by atoms with van der Waals surface area (Å²) >= 11 is 1.87. The number of hydrogen-bond donors (Lipinski definition) is 2. The summed E-state index contributed by atoms with van der Waals surface area (Å²) in [5.41, 5.74) is 4.35. The summed E-state index contributed by atoms with van der Waals surface area (Å²) in [6.07, 6.45) is 1.67. The van der Waals surface area contributed by atoms with Crippen molar-refractivity contribution in [3.63, 3.8) is 0 Å². The van der Waals surface area contributed by atoms with Crippen molar-refractivity contribution < 1.29 is 14.6 Å². The van der Waals surface area contributed by atoms with Crippen molar-refractivity contribution in [3.8, 4) is 34.1 Å². The number of aromatic amines is 1. The van der Waals surface area contributed by atoms with Gasteiger partial charge in [-0.1, -0.05) is 6.07 Å². The topological polar surface area (TPSA) is 91.3 Å². The second-order valence-electron chi connectivity index (χ2n) is 7.51. The first-order chi connectivity index (χ1) is 15.6. The van der Waals surface area contributed by atoms with Crippen LogP contribution in [0.15, 0.2) is 54.7 Å². The zero-order valence-corrected chi connectivity index (χ0v) is 18.4. The highest BCUT2D eigenvalue weighted by molar-refractivity contribution is 7.99. The van der Waals surface area contributed by atoms with Gasteiger partial charge in [-0.2, -0.15) is 11.8 Å². The highest BCUT2D eigenvalue weighted by Crippen LogP contribution is 2.35. The fourth-order valence-corrected chi connectivity index (χ4v) is 4.79. The second-order valence-corrected chi connectivity index (χ2v) is 8.74. The maximum Gasteiger partial charge on any atom is 0.253 e. The number of carbonyl (C=O) groups is 1. The van der Waals surface area contributed by atoms with Gasteiger partial charge in [0.2, 0.25) is 5.88 Å². The Morgan fingerprint density at radius 2 is 1.97 bits per heavy atom. The van der Waals surface area contributed by atoms with Crippen LogP contribution in [-0.2, 0) is 0 Å². The first-order valence-electron chi connectivity index (χ1n) is 10.3. The molecule has 0 saturated carbocycles. The molecule has 1 amide bonds. The fourth-order valence-electron chi connectivity index (χ4n) is 3.89. The van der Waals surface area contributed by atoms with E-state index in [1.165, 1.54) is 0 Å². The molecule has 0 bridgehead atoms. The van der Waals surface area contributed by atoms with Crippen molar-refractivity contribution in [3.05, 3.63) is 60.3 Å². The van der Waals surface area contributed by atoms with E-state index in [0.29, 0.717) is 22.8 Å². The molecule has 2 N–H and O–H groups in total. The molecule has 2 aromatic carbocycles. The third-order valence-corrected chi connectivity index (χ3v) is 6.50. The molecule has 8 heteroatoms. The van der Waals surface area contributed by atoms with Crippen LogP contribution in [0.1, 0.15) is 10.4 Å². The lowest BCUT2D eigenvalue weighted by molar-refractivity contribution is 0.0772. The zero-order chi connectivity index (χ0) is 22.1. The standard InChI is InChI=1S/C24H22N4O3S/c1-31-23-17(3-2-8-25-23)15-5-7-21(29)18(13-15)22-26-19-6-4-16(14-20(19)27-22)24(30)28-9-11-32-12-10-28/h2-8,13-14,29H,9-12H2,1H3,(H,26,27). The highest BCUT2D eigenvalue weighted by Gasteiger charge is 2.20. The van der Waals surface area contributed by atoms with E-state index in [0.717, 1.165) is 46.8 Å². The number of rotatable bonds is 4. The van der Waals surface area contributed by atoms with E-state index in [9.17, 15) is 9.90 Å². The monoisotopic (exact) mass is 446 g/mol. The van der Waals surface area contributed by atoms with Gasteiger partial charge in [0.1, 0.15) is 11.6 Å². The molecule has 1 fully saturated rings. The lowest BCUT2D eigenvalue weighted by atomic mass is 10.0. The van der Waals surface area contributed by atoms with Crippen LogP contribution in [0, 0.1) is 0 Å². The summed E-state index contributed by atoms with van der Waals surface area (Å²) in [5, 5.41) is 10.5. The van der Waals surface area contributed by atoms with Gasteiger partial charge in [0.15, 0.2) is 0 Å². The van der Waals surface area contributed by atoms with Gasteiger partial charge in [-0.05, 0) is 48.0 Å². The van der Waals surface area contributed by atoms with E-state index in [1.807, 2.05) is 59.1 Å². The first kappa shape index (κ1) is 20.4. The number of ether oxygens (including phenoxy) is 1. The number of aromatic nitrogens is 3. The summed E-state index contributed by atoms with van der Waals surface area (Å²) in [5.74, 6) is 3.13. The van der Waals surface area contributed by atoms with Crippen molar-refractivity contribution in [2.45, 2.75) is 0 Å². The molecule has 3 heterocycles. The molecule has 0 atom stereocenters. The van der Waals surface area contributed by atoms with Crippen molar-refractivity contribution >= 4 is 28.7 Å². The van der Waals surface area contributed by atoms with E-state index in [-0.39, 0.29) is 11.7 Å². The molecule has 5 rings (SSSR count). The molecule has 7 nitrogen and oxygen atoms in total. The highest BCUT2D eigenvalue weighted by atomic mass is 32.2. The fraction of sp³-hybridized carbons (Fsp3) is 0.208. The van der Waals surface area contributed by atoms with Crippen LogP contribution in [0.5, 0.6) is 11.6 Å². The van der Waals surface area contributed by atoms with Crippen LogP contribution in [0.2, 0.25) is 0 Å². The van der Waals surface area contributed by atoms with Crippen LogP contribution in [0.3, 0.4) is 0 Å². The number of benzene rings is 2. The molecular weight excluding hydrogens is 424 g/mol. The van der Waals surface area contributed by atoms with E-state index in [2.05, 4.69) is 15.0 Å². The lowest BCUT2D eigenvalue weighted by Gasteiger charge is -2.26. The third kappa shape index (κ3) is 3.78. The van der Waals surface area contributed by atoms with Gasteiger partial charge in [0, 0.05) is 41.9 Å². The maximum absolute atomic E-state index is 12.9. The third-order valence-electron chi connectivity index (χ3n) is 5.55. The minimum absolute atomic E-state index is 0.0388. The van der Waals surface area contributed by atoms with E-state index >= 15 is 0 Å². The normalized spacial score (nSPS) is 14.0. The number of H-pyrrole nitrogens is 1. The van der Waals surface area contributed by atoms with E-state index < -0.39 is 0 Å². The molecule has 4 aromatic rings. The molecule has 32 heavy (non-hydrogen) atoms. The minimum atomic E-state index is 0.0388. The number of amides is 1. The number of thioether (sulfide) groups is 1. The Hall–Kier alpha value is -3.52. The number of phenols is 1. The largest absolute Gasteiger partial charge is 0.507 e. The number of pyridine rings is 1. The minimum Gasteiger partial charge on any atom is -0.507 e. The van der Waals surface area contributed by atoms with Crippen LogP contribution in [0.4, 0.5) is 0 Å². The first-order valence-corrected chi connectivity index (χ1v) is 11.5. The molecule has 1 aliphatic rings. The smallest absolute Gasteiger partial charge is 0.253 e. The van der Waals surface area contributed by atoms with Crippen molar-refractivity contribution in [2.24, 2.45) is 0 Å². The van der Waals surface area contributed by atoms with Gasteiger partial charge >= 0.3 is 0 Å². The summed E-state index contributed by atoms with van der Waals surface area (Å²) in [6, 6.07) is 14.5. The molecule has 0 unspecified atom stereocenters. The maximum atomic E-state index is 12.9. The van der Waals surface area contributed by atoms with Crippen LogP contribution in [-0.4, -0.2) is 62.6 Å². The van der Waals surface area contributed by atoms with Gasteiger partial charge in [0.05, 0.1) is 23.7 Å².